The zero-order valence-corrected chi connectivity index (χ0v) is 10.3. The number of nitrogens with two attached hydrogens (primary N) is 1. The van der Waals surface area contributed by atoms with Gasteiger partial charge in [0.1, 0.15) is 11.9 Å². The number of aromatic nitrogens is 1. The Morgan fingerprint density at radius 3 is 2.71 bits per heavy atom. The number of hydrogen-bond donors (Lipinski definition) is 2. The van der Waals surface area contributed by atoms with Crippen molar-refractivity contribution >= 4 is 11.4 Å². The molecule has 1 heterocycles. The fraction of sp³-hybridized carbons (Fsp3) is 0.545. The van der Waals surface area contributed by atoms with E-state index in [1.807, 2.05) is 20.8 Å². The normalized spacial score (nSPS) is 13.2. The van der Waals surface area contributed by atoms with Crippen molar-refractivity contribution in [2.75, 3.05) is 11.9 Å². The van der Waals surface area contributed by atoms with Crippen molar-refractivity contribution < 1.29 is 4.92 Å². The molecule has 94 valence electrons. The summed E-state index contributed by atoms with van der Waals surface area (Å²) in [7, 11) is 0. The summed E-state index contributed by atoms with van der Waals surface area (Å²) in [5.74, 6) is 0. The van der Waals surface area contributed by atoms with Crippen LogP contribution >= 0.6 is 0 Å². The summed E-state index contributed by atoms with van der Waals surface area (Å²) in [6, 6.07) is 1.55. The Labute approximate surface area is 100 Å². The minimum Gasteiger partial charge on any atom is -0.375 e. The molecule has 17 heavy (non-hydrogen) atoms. The molecule has 3 N–H and O–H groups in total. The summed E-state index contributed by atoms with van der Waals surface area (Å²) in [4.78, 5) is 14.1. The molecule has 6 nitrogen and oxygen atoms in total. The summed E-state index contributed by atoms with van der Waals surface area (Å²) in [5.41, 5.74) is 6.03. The molecular formula is C11H18N4O2. The van der Waals surface area contributed by atoms with Gasteiger partial charge in [0.25, 0.3) is 0 Å². The molecule has 1 rings (SSSR count). The lowest BCUT2D eigenvalue weighted by Crippen LogP contribution is -2.40. The Balaban J connectivity index is 2.98. The highest BCUT2D eigenvalue weighted by atomic mass is 16.6. The van der Waals surface area contributed by atoms with E-state index in [1.54, 1.807) is 6.07 Å². The number of nitrogens with one attached hydrogen (secondary N) is 1. The minimum absolute atomic E-state index is 0.0322. The molecular weight excluding hydrogens is 220 g/mol. The van der Waals surface area contributed by atoms with Crippen molar-refractivity contribution in [3.8, 4) is 0 Å². The fourth-order valence-electron chi connectivity index (χ4n) is 1.47. The fourth-order valence-corrected chi connectivity index (χ4v) is 1.47. The van der Waals surface area contributed by atoms with Gasteiger partial charge in [0, 0.05) is 18.8 Å². The first-order chi connectivity index (χ1) is 7.86. The van der Waals surface area contributed by atoms with Crippen LogP contribution in [-0.2, 0) is 0 Å². The molecule has 0 aromatic carbocycles. The van der Waals surface area contributed by atoms with E-state index in [2.05, 4.69) is 10.3 Å². The molecule has 1 aromatic heterocycles. The lowest BCUT2D eigenvalue weighted by atomic mass is 9.86. The van der Waals surface area contributed by atoms with Crippen molar-refractivity contribution in [1.82, 2.24) is 4.98 Å². The standard InChI is InChI=1S/C11H18N4O2/c1-11(2,3)10(6-12)14-8-4-5-13-7-9(8)15(16)17/h4-5,7,10H,6,12H2,1-3H3,(H,13,14). The topological polar surface area (TPSA) is 94.1 Å². The Morgan fingerprint density at radius 2 is 2.24 bits per heavy atom. The van der Waals surface area contributed by atoms with E-state index in [4.69, 9.17) is 5.73 Å². The van der Waals surface area contributed by atoms with Crippen LogP contribution in [0.2, 0.25) is 0 Å². The van der Waals surface area contributed by atoms with Crippen LogP contribution in [0.25, 0.3) is 0 Å². The molecule has 0 fully saturated rings. The van der Waals surface area contributed by atoms with E-state index in [1.165, 1.54) is 12.4 Å². The molecule has 0 aliphatic rings. The van der Waals surface area contributed by atoms with Crippen LogP contribution in [0.3, 0.4) is 0 Å². The third-order valence-electron chi connectivity index (χ3n) is 2.61. The lowest BCUT2D eigenvalue weighted by molar-refractivity contribution is -0.384. The van der Waals surface area contributed by atoms with Crippen LogP contribution in [0.1, 0.15) is 20.8 Å². The first-order valence-electron chi connectivity index (χ1n) is 5.41. The van der Waals surface area contributed by atoms with Crippen LogP contribution in [0, 0.1) is 15.5 Å². The molecule has 0 bridgehead atoms. The largest absolute Gasteiger partial charge is 0.375 e. The molecule has 1 aromatic rings. The van der Waals surface area contributed by atoms with Crippen LogP contribution in [-0.4, -0.2) is 22.5 Å². The van der Waals surface area contributed by atoms with Crippen molar-refractivity contribution in [3.63, 3.8) is 0 Å². The van der Waals surface area contributed by atoms with Crippen LogP contribution < -0.4 is 11.1 Å². The Kier molecular flexibility index (Phi) is 4.01. The van der Waals surface area contributed by atoms with E-state index in [0.29, 0.717) is 12.2 Å². The van der Waals surface area contributed by atoms with E-state index in [0.717, 1.165) is 0 Å². The monoisotopic (exact) mass is 238 g/mol. The molecule has 1 unspecified atom stereocenters. The second kappa shape index (κ2) is 5.09. The smallest absolute Gasteiger partial charge is 0.310 e. The Hall–Kier alpha value is -1.69. The number of nitrogens with zero attached hydrogens (tertiary/aromatic N) is 2. The van der Waals surface area contributed by atoms with Gasteiger partial charge in [0.2, 0.25) is 0 Å². The van der Waals surface area contributed by atoms with Crippen molar-refractivity contribution in [2.24, 2.45) is 11.1 Å². The molecule has 0 radical (unpaired) electrons. The highest BCUT2D eigenvalue weighted by Gasteiger charge is 2.25. The average Bonchev–Trinajstić information content (AvgIpc) is 2.24. The van der Waals surface area contributed by atoms with Gasteiger partial charge in [-0.1, -0.05) is 20.8 Å². The van der Waals surface area contributed by atoms with Gasteiger partial charge in [-0.3, -0.25) is 15.1 Å². The van der Waals surface area contributed by atoms with Gasteiger partial charge in [-0.25, -0.2) is 0 Å². The predicted molar refractivity (Wildman–Crippen MR) is 66.8 cm³/mol. The lowest BCUT2D eigenvalue weighted by Gasteiger charge is -2.31. The van der Waals surface area contributed by atoms with Gasteiger partial charge in [0.05, 0.1) is 4.92 Å². The summed E-state index contributed by atoms with van der Waals surface area (Å²) < 4.78 is 0. The zero-order valence-electron chi connectivity index (χ0n) is 10.3. The van der Waals surface area contributed by atoms with Crippen LogP contribution in [0.15, 0.2) is 18.5 Å². The van der Waals surface area contributed by atoms with E-state index in [9.17, 15) is 10.1 Å². The van der Waals surface area contributed by atoms with Gasteiger partial charge in [0.15, 0.2) is 0 Å². The van der Waals surface area contributed by atoms with Crippen molar-refractivity contribution in [1.29, 1.82) is 0 Å². The molecule has 0 saturated carbocycles. The second-order valence-electron chi connectivity index (χ2n) is 4.95. The summed E-state index contributed by atoms with van der Waals surface area (Å²) >= 11 is 0. The molecule has 6 heteroatoms. The maximum atomic E-state index is 10.8. The van der Waals surface area contributed by atoms with E-state index in [-0.39, 0.29) is 17.1 Å². The average molecular weight is 238 g/mol. The first kappa shape index (κ1) is 13.4. The van der Waals surface area contributed by atoms with Gasteiger partial charge in [-0.2, -0.15) is 0 Å². The molecule has 1 atom stereocenters. The molecule has 0 spiro atoms. The quantitative estimate of drug-likeness (QED) is 0.616. The first-order valence-corrected chi connectivity index (χ1v) is 5.41. The second-order valence-corrected chi connectivity index (χ2v) is 4.95. The number of anilines is 1. The van der Waals surface area contributed by atoms with Gasteiger partial charge >= 0.3 is 5.69 Å². The highest BCUT2D eigenvalue weighted by Crippen LogP contribution is 2.27. The molecule has 0 aliphatic carbocycles. The van der Waals surface area contributed by atoms with Gasteiger partial charge in [-0.15, -0.1) is 0 Å². The van der Waals surface area contributed by atoms with E-state index >= 15 is 0 Å². The minimum atomic E-state index is -0.453. The Morgan fingerprint density at radius 1 is 1.59 bits per heavy atom. The van der Waals surface area contributed by atoms with E-state index < -0.39 is 4.92 Å². The molecule has 0 aliphatic heterocycles. The predicted octanol–water partition coefficient (Wildman–Crippen LogP) is 1.78. The highest BCUT2D eigenvalue weighted by molar-refractivity contribution is 5.60. The van der Waals surface area contributed by atoms with Crippen molar-refractivity contribution in [2.45, 2.75) is 26.8 Å². The Bertz CT molecular complexity index is 401. The molecule has 0 amide bonds. The van der Waals surface area contributed by atoms with Crippen molar-refractivity contribution in [3.05, 3.63) is 28.6 Å². The summed E-state index contributed by atoms with van der Waals surface area (Å²) in [5, 5.41) is 13.9. The zero-order chi connectivity index (χ0) is 13.1. The summed E-state index contributed by atoms with van der Waals surface area (Å²) in [6.07, 6.45) is 2.75. The number of rotatable bonds is 4. The number of pyridine rings is 1. The third-order valence-corrected chi connectivity index (χ3v) is 2.61. The van der Waals surface area contributed by atoms with Crippen LogP contribution in [0.4, 0.5) is 11.4 Å². The SMILES string of the molecule is CC(C)(C)C(CN)Nc1ccncc1[N+](=O)[O-]. The van der Waals surface area contributed by atoms with Gasteiger partial charge in [-0.05, 0) is 11.5 Å². The maximum absolute atomic E-state index is 10.8. The van der Waals surface area contributed by atoms with Gasteiger partial charge < -0.3 is 11.1 Å². The third kappa shape index (κ3) is 3.39. The number of nitro groups is 1. The van der Waals surface area contributed by atoms with Crippen LogP contribution in [0.5, 0.6) is 0 Å². The summed E-state index contributed by atoms with van der Waals surface area (Å²) in [6.45, 7) is 6.50. The number of hydrogen-bond acceptors (Lipinski definition) is 5. The molecule has 0 saturated heterocycles. The maximum Gasteiger partial charge on any atom is 0.310 e.